The van der Waals surface area contributed by atoms with E-state index < -0.39 is 0 Å². The van der Waals surface area contributed by atoms with E-state index in [0.717, 1.165) is 5.69 Å². The zero-order valence-electron chi connectivity index (χ0n) is 9.39. The van der Waals surface area contributed by atoms with Crippen molar-refractivity contribution in [2.75, 3.05) is 5.32 Å². The van der Waals surface area contributed by atoms with Crippen molar-refractivity contribution in [3.8, 4) is 11.5 Å². The second kappa shape index (κ2) is 5.71. The maximum atomic E-state index is 6.00. The zero-order valence-corrected chi connectivity index (χ0v) is 11.0. The van der Waals surface area contributed by atoms with Gasteiger partial charge in [0.1, 0.15) is 11.5 Å². The highest BCUT2D eigenvalue weighted by Gasteiger charge is 2.02. The molecule has 3 nitrogen and oxygen atoms in total. The lowest BCUT2D eigenvalue weighted by molar-refractivity contribution is 0.483. The normalized spacial score (nSPS) is 9.83. The molecule has 0 saturated heterocycles. The molecule has 92 valence electrons. The molecule has 0 bridgehead atoms. The van der Waals surface area contributed by atoms with Crippen molar-refractivity contribution in [3.63, 3.8) is 0 Å². The number of ether oxygens (including phenoxy) is 1. The van der Waals surface area contributed by atoms with Crippen LogP contribution in [0.5, 0.6) is 11.5 Å². The highest BCUT2D eigenvalue weighted by Crippen LogP contribution is 2.29. The number of benzene rings is 2. The molecule has 0 amide bonds. The molecule has 2 aromatic carbocycles. The van der Waals surface area contributed by atoms with Gasteiger partial charge in [-0.3, -0.25) is 0 Å². The Balaban J connectivity index is 2.11. The van der Waals surface area contributed by atoms with Crippen molar-refractivity contribution in [1.29, 1.82) is 0 Å². The smallest absolute Gasteiger partial charge is 0.168 e. The van der Waals surface area contributed by atoms with Crippen LogP contribution in [0.15, 0.2) is 48.5 Å². The molecule has 0 aromatic heterocycles. The second-order valence-corrected chi connectivity index (χ2v) is 4.39. The molecule has 2 aromatic rings. The summed E-state index contributed by atoms with van der Waals surface area (Å²) in [6.07, 6.45) is 0. The predicted octanol–water partition coefficient (Wildman–Crippen LogP) is 3.79. The summed E-state index contributed by atoms with van der Waals surface area (Å²) in [7, 11) is 0. The third-order valence-corrected chi connectivity index (χ3v) is 2.60. The topological polar surface area (TPSA) is 47.3 Å². The molecule has 18 heavy (non-hydrogen) atoms. The van der Waals surface area contributed by atoms with Gasteiger partial charge in [-0.05, 0) is 48.6 Å². The molecule has 0 heterocycles. The van der Waals surface area contributed by atoms with Gasteiger partial charge in [-0.2, -0.15) is 0 Å². The third kappa shape index (κ3) is 3.35. The fraction of sp³-hybridized carbons (Fsp3) is 0. The van der Waals surface area contributed by atoms with Gasteiger partial charge >= 0.3 is 0 Å². The van der Waals surface area contributed by atoms with Gasteiger partial charge in [0.25, 0.3) is 0 Å². The van der Waals surface area contributed by atoms with E-state index >= 15 is 0 Å². The van der Waals surface area contributed by atoms with Crippen molar-refractivity contribution in [2.24, 2.45) is 5.73 Å². The molecule has 5 heteroatoms. The van der Waals surface area contributed by atoms with Crippen LogP contribution in [0.2, 0.25) is 5.02 Å². The quantitative estimate of drug-likeness (QED) is 0.839. The number of para-hydroxylation sites is 1. The first kappa shape index (κ1) is 12.7. The van der Waals surface area contributed by atoms with Crippen LogP contribution in [0.25, 0.3) is 0 Å². The molecule has 0 aliphatic heterocycles. The Labute approximate surface area is 116 Å². The van der Waals surface area contributed by atoms with E-state index in [-0.39, 0.29) is 5.11 Å². The average Bonchev–Trinajstić information content (AvgIpc) is 2.34. The van der Waals surface area contributed by atoms with Crippen LogP contribution in [0.3, 0.4) is 0 Å². The number of hydrogen-bond donors (Lipinski definition) is 2. The molecule has 0 unspecified atom stereocenters. The van der Waals surface area contributed by atoms with Crippen molar-refractivity contribution < 1.29 is 4.74 Å². The Bertz CT molecular complexity index is 557. The standard InChI is InChI=1S/C13H11ClN2OS/c14-11-3-1-2-4-12(11)17-10-7-5-9(6-8-10)16-13(15)18/h1-8H,(H3,15,16,18). The van der Waals surface area contributed by atoms with Gasteiger partial charge in [-0.1, -0.05) is 23.7 Å². The van der Waals surface area contributed by atoms with Gasteiger partial charge in [-0.25, -0.2) is 0 Å². The summed E-state index contributed by atoms with van der Waals surface area (Å²) in [6, 6.07) is 14.6. The van der Waals surface area contributed by atoms with Crippen LogP contribution in [0.1, 0.15) is 0 Å². The van der Waals surface area contributed by atoms with Gasteiger partial charge in [-0.15, -0.1) is 0 Å². The molecule has 0 aliphatic rings. The first-order valence-corrected chi connectivity index (χ1v) is 6.02. The van der Waals surface area contributed by atoms with Crippen LogP contribution in [0, 0.1) is 0 Å². The molecule has 0 radical (unpaired) electrons. The molecular weight excluding hydrogens is 268 g/mol. The lowest BCUT2D eigenvalue weighted by Gasteiger charge is -2.08. The number of thiocarbonyl (C=S) groups is 1. The number of nitrogens with two attached hydrogens (primary N) is 1. The highest BCUT2D eigenvalue weighted by atomic mass is 35.5. The molecule has 0 spiro atoms. The van der Waals surface area contributed by atoms with Crippen molar-refractivity contribution in [3.05, 3.63) is 53.6 Å². The molecule has 0 saturated carbocycles. The van der Waals surface area contributed by atoms with Gasteiger partial charge < -0.3 is 15.8 Å². The Morgan fingerprint density at radius 3 is 2.39 bits per heavy atom. The zero-order chi connectivity index (χ0) is 13.0. The second-order valence-electron chi connectivity index (χ2n) is 3.55. The van der Waals surface area contributed by atoms with Gasteiger partial charge in [0, 0.05) is 5.69 Å². The average molecular weight is 279 g/mol. The summed E-state index contributed by atoms with van der Waals surface area (Å²) in [5, 5.41) is 3.64. The largest absolute Gasteiger partial charge is 0.456 e. The van der Waals surface area contributed by atoms with E-state index in [2.05, 4.69) is 5.32 Å². The SMILES string of the molecule is NC(=S)Nc1ccc(Oc2ccccc2Cl)cc1. The number of halogens is 1. The first-order chi connectivity index (χ1) is 8.65. The minimum absolute atomic E-state index is 0.231. The minimum atomic E-state index is 0.231. The molecule has 0 aliphatic carbocycles. The first-order valence-electron chi connectivity index (χ1n) is 5.24. The van der Waals surface area contributed by atoms with Crippen molar-refractivity contribution >= 4 is 34.6 Å². The van der Waals surface area contributed by atoms with Gasteiger partial charge in [0.15, 0.2) is 5.11 Å². The lowest BCUT2D eigenvalue weighted by atomic mass is 10.3. The van der Waals surface area contributed by atoms with Crippen LogP contribution in [0.4, 0.5) is 5.69 Å². The maximum Gasteiger partial charge on any atom is 0.168 e. The number of nitrogens with one attached hydrogen (secondary N) is 1. The highest BCUT2D eigenvalue weighted by molar-refractivity contribution is 7.80. The summed E-state index contributed by atoms with van der Waals surface area (Å²) < 4.78 is 5.65. The summed E-state index contributed by atoms with van der Waals surface area (Å²) in [6.45, 7) is 0. The van der Waals surface area contributed by atoms with E-state index in [1.165, 1.54) is 0 Å². The summed E-state index contributed by atoms with van der Waals surface area (Å²) >= 11 is 10.8. The molecular formula is C13H11ClN2OS. The Morgan fingerprint density at radius 2 is 1.78 bits per heavy atom. The summed E-state index contributed by atoms with van der Waals surface area (Å²) in [5.74, 6) is 1.31. The number of hydrogen-bond acceptors (Lipinski definition) is 2. The van der Waals surface area contributed by atoms with Gasteiger partial charge in [0.05, 0.1) is 5.02 Å². The number of anilines is 1. The minimum Gasteiger partial charge on any atom is -0.456 e. The van der Waals surface area contributed by atoms with Crippen molar-refractivity contribution in [2.45, 2.75) is 0 Å². The predicted molar refractivity (Wildman–Crippen MR) is 78.4 cm³/mol. The summed E-state index contributed by atoms with van der Waals surface area (Å²) in [5.41, 5.74) is 6.19. The van der Waals surface area contributed by atoms with E-state index in [9.17, 15) is 0 Å². The molecule has 0 fully saturated rings. The van der Waals surface area contributed by atoms with Crippen molar-refractivity contribution in [1.82, 2.24) is 0 Å². The maximum absolute atomic E-state index is 6.00. The number of rotatable bonds is 3. The molecule has 3 N–H and O–H groups in total. The third-order valence-electron chi connectivity index (χ3n) is 2.19. The van der Waals surface area contributed by atoms with E-state index in [0.29, 0.717) is 16.5 Å². The van der Waals surface area contributed by atoms with Crippen LogP contribution in [-0.2, 0) is 0 Å². The van der Waals surface area contributed by atoms with Crippen LogP contribution >= 0.6 is 23.8 Å². The Hall–Kier alpha value is -1.78. The fourth-order valence-corrected chi connectivity index (χ4v) is 1.70. The van der Waals surface area contributed by atoms with Gasteiger partial charge in [0.2, 0.25) is 0 Å². The monoisotopic (exact) mass is 278 g/mol. The van der Waals surface area contributed by atoms with Crippen LogP contribution in [-0.4, -0.2) is 5.11 Å². The van der Waals surface area contributed by atoms with E-state index in [1.54, 1.807) is 6.07 Å². The molecule has 0 atom stereocenters. The Morgan fingerprint density at radius 1 is 1.11 bits per heavy atom. The lowest BCUT2D eigenvalue weighted by Crippen LogP contribution is -2.18. The van der Waals surface area contributed by atoms with Crippen LogP contribution < -0.4 is 15.8 Å². The fourth-order valence-electron chi connectivity index (χ4n) is 1.40. The van der Waals surface area contributed by atoms with E-state index in [4.69, 9.17) is 34.3 Å². The molecule has 2 rings (SSSR count). The van der Waals surface area contributed by atoms with E-state index in [1.807, 2.05) is 42.5 Å². The summed E-state index contributed by atoms with van der Waals surface area (Å²) in [4.78, 5) is 0. The Kier molecular flexibility index (Phi) is 4.02.